The van der Waals surface area contributed by atoms with E-state index in [1.807, 2.05) is 30.3 Å². The second-order valence-corrected chi connectivity index (χ2v) is 6.85. The molecule has 3 rings (SSSR count). The fourth-order valence-electron chi connectivity index (χ4n) is 2.90. The molecule has 25 heavy (non-hydrogen) atoms. The van der Waals surface area contributed by atoms with E-state index in [1.54, 1.807) is 6.20 Å². The highest BCUT2D eigenvalue weighted by atomic mass is 35.5. The summed E-state index contributed by atoms with van der Waals surface area (Å²) in [6.07, 6.45) is 1.49. The van der Waals surface area contributed by atoms with Gasteiger partial charge in [0, 0.05) is 42.8 Å². The van der Waals surface area contributed by atoms with Gasteiger partial charge >= 0.3 is 0 Å². The minimum atomic E-state index is -1.22. The molecule has 1 aromatic carbocycles. The van der Waals surface area contributed by atoms with Crippen molar-refractivity contribution in [1.82, 2.24) is 9.88 Å². The molecule has 1 aliphatic rings. The summed E-state index contributed by atoms with van der Waals surface area (Å²) in [6.45, 7) is 4.66. The van der Waals surface area contributed by atoms with Crippen LogP contribution in [0.1, 0.15) is 23.6 Å². The number of aromatic nitrogens is 1. The Balaban J connectivity index is 1.49. The number of benzene rings is 1. The number of halogens is 1. The first-order valence-corrected chi connectivity index (χ1v) is 8.86. The molecule has 0 radical (unpaired) electrons. The molecule has 134 valence electrons. The van der Waals surface area contributed by atoms with Crippen LogP contribution in [0.25, 0.3) is 0 Å². The maximum absolute atomic E-state index is 9.08. The number of pyridine rings is 1. The van der Waals surface area contributed by atoms with Crippen molar-refractivity contribution in [2.75, 3.05) is 13.1 Å². The first-order valence-electron chi connectivity index (χ1n) is 8.48. The third-order valence-electron chi connectivity index (χ3n) is 4.50. The average Bonchev–Trinajstić information content (AvgIpc) is 2.56. The molecule has 0 bridgehead atoms. The third kappa shape index (κ3) is 4.70. The van der Waals surface area contributed by atoms with Crippen molar-refractivity contribution < 1.29 is 14.9 Å². The molecule has 2 heterocycles. The molecular formula is C19H23ClN2O3. The predicted molar refractivity (Wildman–Crippen MR) is 96.4 cm³/mol. The summed E-state index contributed by atoms with van der Waals surface area (Å²) in [4.78, 5) is 6.49. The SMILES string of the molecule is CCc1ccc(COc2ccc(CN3CC(C(O)O)C3)cn2)cc1Cl. The van der Waals surface area contributed by atoms with Crippen LogP contribution in [-0.4, -0.2) is 39.5 Å². The summed E-state index contributed by atoms with van der Waals surface area (Å²) in [7, 11) is 0. The Kier molecular flexibility index (Phi) is 5.91. The van der Waals surface area contributed by atoms with Crippen LogP contribution in [-0.2, 0) is 19.6 Å². The zero-order valence-corrected chi connectivity index (χ0v) is 15.0. The highest BCUT2D eigenvalue weighted by Gasteiger charge is 2.31. The molecule has 5 nitrogen and oxygen atoms in total. The summed E-state index contributed by atoms with van der Waals surface area (Å²) in [5, 5.41) is 18.9. The monoisotopic (exact) mass is 362 g/mol. The lowest BCUT2D eigenvalue weighted by Gasteiger charge is -2.39. The van der Waals surface area contributed by atoms with Gasteiger partial charge in [-0.1, -0.05) is 36.7 Å². The molecule has 0 spiro atoms. The molecule has 2 N–H and O–H groups in total. The van der Waals surface area contributed by atoms with Gasteiger partial charge in [0.05, 0.1) is 0 Å². The summed E-state index contributed by atoms with van der Waals surface area (Å²) in [5.41, 5.74) is 3.23. The molecular weight excluding hydrogens is 340 g/mol. The minimum absolute atomic E-state index is 0.0403. The van der Waals surface area contributed by atoms with Crippen molar-refractivity contribution >= 4 is 11.6 Å². The number of aryl methyl sites for hydroxylation is 1. The van der Waals surface area contributed by atoms with Crippen LogP contribution in [0.15, 0.2) is 36.5 Å². The van der Waals surface area contributed by atoms with Crippen LogP contribution >= 0.6 is 11.6 Å². The van der Waals surface area contributed by atoms with Crippen molar-refractivity contribution in [1.29, 1.82) is 0 Å². The first-order chi connectivity index (χ1) is 12.0. The van der Waals surface area contributed by atoms with E-state index in [1.165, 1.54) is 0 Å². The van der Waals surface area contributed by atoms with E-state index in [-0.39, 0.29) is 5.92 Å². The van der Waals surface area contributed by atoms with Gasteiger partial charge in [-0.25, -0.2) is 4.98 Å². The molecule has 0 atom stereocenters. The Bertz CT molecular complexity index is 700. The van der Waals surface area contributed by atoms with E-state index in [2.05, 4.69) is 16.8 Å². The Morgan fingerprint density at radius 3 is 2.60 bits per heavy atom. The van der Waals surface area contributed by atoms with E-state index in [9.17, 15) is 0 Å². The number of likely N-dealkylation sites (tertiary alicyclic amines) is 1. The first kappa shape index (κ1) is 18.1. The van der Waals surface area contributed by atoms with Gasteiger partial charge in [0.25, 0.3) is 0 Å². The number of hydrogen-bond donors (Lipinski definition) is 2. The number of aliphatic hydroxyl groups is 2. The van der Waals surface area contributed by atoms with Crippen molar-refractivity contribution in [2.24, 2.45) is 5.92 Å². The molecule has 1 fully saturated rings. The minimum Gasteiger partial charge on any atom is -0.473 e. The topological polar surface area (TPSA) is 65.8 Å². The molecule has 1 aromatic heterocycles. The summed E-state index contributed by atoms with van der Waals surface area (Å²) in [5.74, 6) is 0.535. The average molecular weight is 363 g/mol. The van der Waals surface area contributed by atoms with E-state index < -0.39 is 6.29 Å². The highest BCUT2D eigenvalue weighted by Crippen LogP contribution is 2.22. The van der Waals surface area contributed by atoms with Gasteiger partial charge < -0.3 is 14.9 Å². The summed E-state index contributed by atoms with van der Waals surface area (Å²) >= 11 is 6.22. The predicted octanol–water partition coefficient (Wildman–Crippen LogP) is 2.62. The van der Waals surface area contributed by atoms with Crippen LogP contribution in [0, 0.1) is 5.92 Å². The fraction of sp³-hybridized carbons (Fsp3) is 0.421. The van der Waals surface area contributed by atoms with Gasteiger partial charge in [-0.15, -0.1) is 0 Å². The maximum Gasteiger partial charge on any atom is 0.213 e. The Morgan fingerprint density at radius 2 is 2.00 bits per heavy atom. The van der Waals surface area contributed by atoms with E-state index in [0.29, 0.717) is 25.6 Å². The molecule has 2 aromatic rings. The Labute approximate surface area is 152 Å². The zero-order chi connectivity index (χ0) is 17.8. The Morgan fingerprint density at radius 1 is 1.24 bits per heavy atom. The highest BCUT2D eigenvalue weighted by molar-refractivity contribution is 6.31. The maximum atomic E-state index is 9.08. The standard InChI is InChI=1S/C19H23ClN2O3/c1-2-15-5-3-13(7-17(15)20)12-25-18-6-4-14(8-21-18)9-22-10-16(11-22)19(23)24/h3-8,16,19,23-24H,2,9-12H2,1H3. The number of hydrogen-bond acceptors (Lipinski definition) is 5. The normalized spacial score (nSPS) is 15.4. The van der Waals surface area contributed by atoms with Crippen LogP contribution in [0.3, 0.4) is 0 Å². The second kappa shape index (κ2) is 8.15. The fourth-order valence-corrected chi connectivity index (χ4v) is 3.24. The number of rotatable bonds is 7. The largest absolute Gasteiger partial charge is 0.473 e. The van der Waals surface area contributed by atoms with Gasteiger partial charge in [-0.3, -0.25) is 4.90 Å². The van der Waals surface area contributed by atoms with Crippen molar-refractivity contribution in [2.45, 2.75) is 32.8 Å². The van der Waals surface area contributed by atoms with Gasteiger partial charge in [0.2, 0.25) is 5.88 Å². The summed E-state index contributed by atoms with van der Waals surface area (Å²) in [6, 6.07) is 9.83. The molecule has 0 aliphatic carbocycles. The molecule has 1 aliphatic heterocycles. The number of nitrogens with zero attached hydrogens (tertiary/aromatic N) is 2. The van der Waals surface area contributed by atoms with Gasteiger partial charge in [-0.2, -0.15) is 0 Å². The summed E-state index contributed by atoms with van der Waals surface area (Å²) < 4.78 is 5.72. The number of ether oxygens (including phenoxy) is 1. The van der Waals surface area contributed by atoms with Crippen molar-refractivity contribution in [3.8, 4) is 5.88 Å². The van der Waals surface area contributed by atoms with Crippen LogP contribution in [0.5, 0.6) is 5.88 Å². The smallest absolute Gasteiger partial charge is 0.213 e. The van der Waals surface area contributed by atoms with Crippen LogP contribution in [0.2, 0.25) is 5.02 Å². The number of aliphatic hydroxyl groups excluding tert-OH is 1. The van der Waals surface area contributed by atoms with Crippen molar-refractivity contribution in [3.05, 3.63) is 58.2 Å². The van der Waals surface area contributed by atoms with E-state index in [4.69, 9.17) is 26.6 Å². The van der Waals surface area contributed by atoms with E-state index in [0.717, 1.165) is 34.7 Å². The zero-order valence-electron chi connectivity index (χ0n) is 14.2. The second-order valence-electron chi connectivity index (χ2n) is 6.44. The Hall–Kier alpha value is -1.66. The molecule has 0 saturated carbocycles. The van der Waals surface area contributed by atoms with Crippen LogP contribution in [0.4, 0.5) is 0 Å². The van der Waals surface area contributed by atoms with Crippen molar-refractivity contribution in [3.63, 3.8) is 0 Å². The lowest BCUT2D eigenvalue weighted by Crippen LogP contribution is -2.51. The molecule has 6 heteroatoms. The van der Waals surface area contributed by atoms with Crippen LogP contribution < -0.4 is 4.74 Å². The molecule has 1 saturated heterocycles. The van der Waals surface area contributed by atoms with Gasteiger partial charge in [-0.05, 0) is 29.2 Å². The van der Waals surface area contributed by atoms with E-state index >= 15 is 0 Å². The third-order valence-corrected chi connectivity index (χ3v) is 4.85. The lowest BCUT2D eigenvalue weighted by molar-refractivity contribution is -0.130. The molecule has 0 amide bonds. The van der Waals surface area contributed by atoms with Gasteiger partial charge in [0.1, 0.15) is 6.61 Å². The quantitative estimate of drug-likeness (QED) is 0.741. The lowest BCUT2D eigenvalue weighted by atomic mass is 9.99. The van der Waals surface area contributed by atoms with Gasteiger partial charge in [0.15, 0.2) is 6.29 Å². The molecule has 0 unspecified atom stereocenters.